The number of hydrogen-bond acceptors (Lipinski definition) is 3. The van der Waals surface area contributed by atoms with Gasteiger partial charge in [0.2, 0.25) is 0 Å². The van der Waals surface area contributed by atoms with E-state index in [2.05, 4.69) is 10.6 Å². The molecule has 4 nitrogen and oxygen atoms in total. The van der Waals surface area contributed by atoms with Crippen molar-refractivity contribution in [1.82, 2.24) is 10.6 Å². The van der Waals surface area contributed by atoms with Gasteiger partial charge < -0.3 is 15.7 Å². The van der Waals surface area contributed by atoms with Gasteiger partial charge in [-0.15, -0.1) is 0 Å². The van der Waals surface area contributed by atoms with Gasteiger partial charge in [0, 0.05) is 25.2 Å². The van der Waals surface area contributed by atoms with Crippen molar-refractivity contribution >= 4 is 5.91 Å². The second-order valence-corrected chi connectivity index (χ2v) is 5.20. The zero-order chi connectivity index (χ0) is 13.9. The Balaban J connectivity index is 2.00. The quantitative estimate of drug-likeness (QED) is 0.755. The van der Waals surface area contributed by atoms with E-state index in [9.17, 15) is 9.90 Å². The first kappa shape index (κ1) is 14.0. The number of amides is 1. The molecular weight excluding hydrogens is 240 g/mol. The minimum Gasteiger partial charge on any atom is -0.388 e. The monoisotopic (exact) mass is 262 g/mol. The minimum absolute atomic E-state index is 0.116. The Morgan fingerprint density at radius 2 is 2.00 bits per heavy atom. The summed E-state index contributed by atoms with van der Waals surface area (Å²) in [5.74, 6) is -0.116. The molecular formula is C15H22N2O2. The van der Waals surface area contributed by atoms with E-state index in [0.717, 1.165) is 13.1 Å². The van der Waals surface area contributed by atoms with Gasteiger partial charge in [0.05, 0.1) is 5.60 Å². The van der Waals surface area contributed by atoms with Crippen molar-refractivity contribution in [3.05, 3.63) is 34.9 Å². The van der Waals surface area contributed by atoms with Gasteiger partial charge >= 0.3 is 0 Å². The molecule has 104 valence electrons. The maximum atomic E-state index is 12.1. The predicted octanol–water partition coefficient (Wildman–Crippen LogP) is 1.57. The molecule has 4 heteroatoms. The van der Waals surface area contributed by atoms with Crippen LogP contribution in [0.25, 0.3) is 0 Å². The molecule has 0 fully saturated rings. The fourth-order valence-corrected chi connectivity index (χ4v) is 2.28. The van der Waals surface area contributed by atoms with Gasteiger partial charge in [-0.2, -0.15) is 0 Å². The second-order valence-electron chi connectivity index (χ2n) is 5.20. The summed E-state index contributed by atoms with van der Waals surface area (Å²) in [4.78, 5) is 12.1. The van der Waals surface area contributed by atoms with E-state index >= 15 is 0 Å². The minimum atomic E-state index is -0.798. The zero-order valence-electron chi connectivity index (χ0n) is 11.6. The van der Waals surface area contributed by atoms with Crippen LogP contribution in [0.1, 0.15) is 48.2 Å². The molecule has 0 atom stereocenters. The number of hydrogen-bond donors (Lipinski definition) is 3. The van der Waals surface area contributed by atoms with Crippen molar-refractivity contribution in [3.63, 3.8) is 0 Å². The number of benzene rings is 1. The summed E-state index contributed by atoms with van der Waals surface area (Å²) in [5.41, 5.74) is 2.31. The topological polar surface area (TPSA) is 61.4 Å². The molecule has 0 spiro atoms. The SMILES string of the molecule is CCC(O)(CC)CNC(=O)c1ccc2c(c1)CNC2. The molecule has 1 aromatic carbocycles. The summed E-state index contributed by atoms with van der Waals surface area (Å²) >= 11 is 0. The zero-order valence-corrected chi connectivity index (χ0v) is 11.6. The Morgan fingerprint density at radius 3 is 2.68 bits per heavy atom. The van der Waals surface area contributed by atoms with Gasteiger partial charge in [-0.25, -0.2) is 0 Å². The molecule has 1 aliphatic rings. The van der Waals surface area contributed by atoms with Gasteiger partial charge in [0.15, 0.2) is 0 Å². The highest BCUT2D eigenvalue weighted by Gasteiger charge is 2.23. The first-order valence-electron chi connectivity index (χ1n) is 6.91. The third-order valence-electron chi connectivity index (χ3n) is 3.99. The van der Waals surface area contributed by atoms with Crippen molar-refractivity contribution in [2.24, 2.45) is 0 Å². The third kappa shape index (κ3) is 3.14. The Hall–Kier alpha value is -1.39. The van der Waals surface area contributed by atoms with Crippen LogP contribution in [0.5, 0.6) is 0 Å². The van der Waals surface area contributed by atoms with E-state index in [4.69, 9.17) is 0 Å². The molecule has 19 heavy (non-hydrogen) atoms. The number of aliphatic hydroxyl groups is 1. The second kappa shape index (κ2) is 5.72. The van der Waals surface area contributed by atoms with Crippen molar-refractivity contribution in [2.75, 3.05) is 6.54 Å². The summed E-state index contributed by atoms with van der Waals surface area (Å²) in [7, 11) is 0. The number of nitrogens with one attached hydrogen (secondary N) is 2. The summed E-state index contributed by atoms with van der Waals surface area (Å²) < 4.78 is 0. The van der Waals surface area contributed by atoms with E-state index in [1.165, 1.54) is 11.1 Å². The van der Waals surface area contributed by atoms with Crippen molar-refractivity contribution < 1.29 is 9.90 Å². The number of carbonyl (C=O) groups excluding carboxylic acids is 1. The molecule has 0 aliphatic carbocycles. The van der Waals surface area contributed by atoms with Gasteiger partial charge in [0.25, 0.3) is 5.91 Å². The van der Waals surface area contributed by atoms with E-state index in [1.807, 2.05) is 32.0 Å². The van der Waals surface area contributed by atoms with Crippen LogP contribution >= 0.6 is 0 Å². The first-order valence-corrected chi connectivity index (χ1v) is 6.91. The third-order valence-corrected chi connectivity index (χ3v) is 3.99. The van der Waals surface area contributed by atoms with E-state index in [0.29, 0.717) is 24.9 Å². The molecule has 0 radical (unpaired) electrons. The molecule has 0 saturated heterocycles. The highest BCUT2D eigenvalue weighted by Crippen LogP contribution is 2.17. The molecule has 0 saturated carbocycles. The standard InChI is InChI=1S/C15H22N2O2/c1-3-15(19,4-2)10-17-14(18)11-5-6-12-8-16-9-13(12)7-11/h5-7,16,19H,3-4,8-10H2,1-2H3,(H,17,18). The Morgan fingerprint density at radius 1 is 1.32 bits per heavy atom. The molecule has 1 aliphatic heterocycles. The first-order chi connectivity index (χ1) is 9.08. The highest BCUT2D eigenvalue weighted by atomic mass is 16.3. The highest BCUT2D eigenvalue weighted by molar-refractivity contribution is 5.94. The van der Waals surface area contributed by atoms with Crippen LogP contribution in [-0.4, -0.2) is 23.2 Å². The maximum absolute atomic E-state index is 12.1. The fourth-order valence-electron chi connectivity index (χ4n) is 2.28. The lowest BCUT2D eigenvalue weighted by Gasteiger charge is -2.25. The van der Waals surface area contributed by atoms with E-state index < -0.39 is 5.60 Å². The molecule has 0 bridgehead atoms. The Bertz CT molecular complexity index is 467. The predicted molar refractivity (Wildman–Crippen MR) is 74.9 cm³/mol. The van der Waals surface area contributed by atoms with E-state index in [1.54, 1.807) is 0 Å². The van der Waals surface area contributed by atoms with Gasteiger partial charge in [-0.1, -0.05) is 19.9 Å². The van der Waals surface area contributed by atoms with Crippen LogP contribution in [-0.2, 0) is 13.1 Å². The van der Waals surface area contributed by atoms with Crippen LogP contribution in [0.2, 0.25) is 0 Å². The molecule has 1 heterocycles. The number of fused-ring (bicyclic) bond motifs is 1. The molecule has 0 unspecified atom stereocenters. The smallest absolute Gasteiger partial charge is 0.251 e. The number of rotatable bonds is 5. The Labute approximate surface area is 114 Å². The maximum Gasteiger partial charge on any atom is 0.251 e. The lowest BCUT2D eigenvalue weighted by Crippen LogP contribution is -2.42. The largest absolute Gasteiger partial charge is 0.388 e. The average molecular weight is 262 g/mol. The molecule has 1 aromatic rings. The van der Waals surface area contributed by atoms with E-state index in [-0.39, 0.29) is 5.91 Å². The molecule has 2 rings (SSSR count). The summed E-state index contributed by atoms with van der Waals surface area (Å²) in [5, 5.41) is 16.2. The summed E-state index contributed by atoms with van der Waals surface area (Å²) in [6.45, 7) is 5.86. The fraction of sp³-hybridized carbons (Fsp3) is 0.533. The van der Waals surface area contributed by atoms with Crippen molar-refractivity contribution in [1.29, 1.82) is 0 Å². The van der Waals surface area contributed by atoms with Crippen molar-refractivity contribution in [2.45, 2.75) is 45.4 Å². The van der Waals surface area contributed by atoms with Crippen LogP contribution in [0, 0.1) is 0 Å². The van der Waals surface area contributed by atoms with Gasteiger partial charge in [-0.05, 0) is 36.1 Å². The summed E-state index contributed by atoms with van der Waals surface area (Å²) in [6, 6.07) is 5.77. The van der Waals surface area contributed by atoms with Crippen LogP contribution in [0.3, 0.4) is 0 Å². The van der Waals surface area contributed by atoms with Crippen LogP contribution < -0.4 is 10.6 Å². The summed E-state index contributed by atoms with van der Waals surface area (Å²) in [6.07, 6.45) is 1.27. The van der Waals surface area contributed by atoms with Gasteiger partial charge in [0.1, 0.15) is 0 Å². The Kier molecular flexibility index (Phi) is 4.22. The normalized spacial score (nSPS) is 14.3. The lowest BCUT2D eigenvalue weighted by atomic mass is 9.97. The van der Waals surface area contributed by atoms with Crippen LogP contribution in [0.15, 0.2) is 18.2 Å². The van der Waals surface area contributed by atoms with Crippen molar-refractivity contribution in [3.8, 4) is 0 Å². The van der Waals surface area contributed by atoms with Crippen LogP contribution in [0.4, 0.5) is 0 Å². The molecule has 1 amide bonds. The number of carbonyl (C=O) groups is 1. The average Bonchev–Trinajstić information content (AvgIpc) is 2.91. The van der Waals surface area contributed by atoms with Gasteiger partial charge in [-0.3, -0.25) is 4.79 Å². The lowest BCUT2D eigenvalue weighted by molar-refractivity contribution is 0.0314. The molecule has 0 aromatic heterocycles. The molecule has 3 N–H and O–H groups in total.